The van der Waals surface area contributed by atoms with Gasteiger partial charge in [-0.05, 0) is 56.5 Å². The molecule has 1 fully saturated rings. The lowest BCUT2D eigenvalue weighted by molar-refractivity contribution is 0.0939. The number of likely N-dealkylation sites (tertiary alicyclic amines) is 1. The molecule has 1 atom stereocenters. The molecule has 0 aromatic heterocycles. The van der Waals surface area contributed by atoms with Crippen LogP contribution in [0.15, 0.2) is 18.2 Å². The van der Waals surface area contributed by atoms with Crippen molar-refractivity contribution in [1.82, 2.24) is 10.2 Å². The third kappa shape index (κ3) is 5.96. The Morgan fingerprint density at radius 2 is 2.33 bits per heavy atom. The van der Waals surface area contributed by atoms with Crippen molar-refractivity contribution in [3.8, 4) is 5.75 Å². The summed E-state index contributed by atoms with van der Waals surface area (Å²) in [5.74, 6) is 1.13. The van der Waals surface area contributed by atoms with Crippen molar-refractivity contribution in [1.29, 1.82) is 0 Å². The Hall–Kier alpha value is -1.30. The van der Waals surface area contributed by atoms with Crippen molar-refractivity contribution < 1.29 is 9.53 Å². The van der Waals surface area contributed by atoms with Crippen molar-refractivity contribution >= 4 is 17.5 Å². The largest absolute Gasteiger partial charge is 0.493 e. The Morgan fingerprint density at radius 3 is 3.08 bits per heavy atom. The highest BCUT2D eigenvalue weighted by Crippen LogP contribution is 2.23. The topological polar surface area (TPSA) is 67.6 Å². The first-order chi connectivity index (χ1) is 11.6. The lowest BCUT2D eigenvalue weighted by Gasteiger charge is -2.30. The molecule has 0 unspecified atom stereocenters. The number of hydrogen-bond acceptors (Lipinski definition) is 4. The Labute approximate surface area is 149 Å². The molecule has 1 aromatic carbocycles. The van der Waals surface area contributed by atoms with Crippen LogP contribution in [0.3, 0.4) is 0 Å². The van der Waals surface area contributed by atoms with Crippen molar-refractivity contribution in [2.75, 3.05) is 39.3 Å². The second-order valence-corrected chi connectivity index (χ2v) is 6.87. The smallest absolute Gasteiger partial charge is 0.255 e. The number of piperidine rings is 1. The predicted octanol–water partition coefficient (Wildman–Crippen LogP) is 2.53. The lowest BCUT2D eigenvalue weighted by Crippen LogP contribution is -2.40. The second kappa shape index (κ2) is 9.87. The normalized spacial score (nSPS) is 18.4. The van der Waals surface area contributed by atoms with Gasteiger partial charge in [0, 0.05) is 24.7 Å². The van der Waals surface area contributed by atoms with Crippen molar-refractivity contribution in [3.05, 3.63) is 28.8 Å². The summed E-state index contributed by atoms with van der Waals surface area (Å²) in [5, 5.41) is 3.54. The van der Waals surface area contributed by atoms with Crippen LogP contribution in [0.4, 0.5) is 0 Å². The van der Waals surface area contributed by atoms with Crippen LogP contribution in [0.25, 0.3) is 0 Å². The van der Waals surface area contributed by atoms with Gasteiger partial charge in [0.2, 0.25) is 0 Å². The Balaban J connectivity index is 1.86. The molecule has 1 aliphatic rings. The molecular formula is C18H28ClN3O2. The third-order valence-electron chi connectivity index (χ3n) is 4.25. The number of rotatable bonds is 8. The van der Waals surface area contributed by atoms with Gasteiger partial charge >= 0.3 is 0 Å². The molecule has 0 bridgehead atoms. The maximum absolute atomic E-state index is 12.4. The number of halogens is 1. The molecule has 1 amide bonds. The molecule has 1 aliphatic heterocycles. The molecule has 0 saturated carbocycles. The number of hydrogen-bond donors (Lipinski definition) is 2. The van der Waals surface area contributed by atoms with Crippen LogP contribution in [0.5, 0.6) is 5.75 Å². The third-order valence-corrected chi connectivity index (χ3v) is 4.48. The summed E-state index contributed by atoms with van der Waals surface area (Å²) in [5.41, 5.74) is 5.99. The Kier molecular flexibility index (Phi) is 7.82. The molecule has 1 saturated heterocycles. The molecule has 2 rings (SSSR count). The standard InChI is InChI=1S/C18H28ClN3O2/c1-14-4-2-9-22(13-14)10-8-21-18(23)16-6-5-15(19)12-17(16)24-11-3-7-20/h5-6,12,14H,2-4,7-11,13,20H2,1H3,(H,21,23)/t14-/m0/s1. The first-order valence-electron chi connectivity index (χ1n) is 8.73. The molecule has 24 heavy (non-hydrogen) atoms. The van der Waals surface area contributed by atoms with Crippen LogP contribution in [0.2, 0.25) is 5.02 Å². The molecule has 6 heteroatoms. The zero-order valence-electron chi connectivity index (χ0n) is 14.4. The van der Waals surface area contributed by atoms with Crippen molar-refractivity contribution in [2.45, 2.75) is 26.2 Å². The van der Waals surface area contributed by atoms with Crippen LogP contribution >= 0.6 is 11.6 Å². The van der Waals surface area contributed by atoms with Gasteiger partial charge in [-0.15, -0.1) is 0 Å². The molecular weight excluding hydrogens is 326 g/mol. The maximum atomic E-state index is 12.4. The molecule has 5 nitrogen and oxygen atoms in total. The molecule has 0 spiro atoms. The summed E-state index contributed by atoms with van der Waals surface area (Å²) in [7, 11) is 0. The lowest BCUT2D eigenvalue weighted by atomic mass is 10.0. The Morgan fingerprint density at radius 1 is 1.50 bits per heavy atom. The summed E-state index contributed by atoms with van der Waals surface area (Å²) >= 11 is 6.01. The highest BCUT2D eigenvalue weighted by atomic mass is 35.5. The fourth-order valence-corrected chi connectivity index (χ4v) is 3.14. The fourth-order valence-electron chi connectivity index (χ4n) is 2.98. The van der Waals surface area contributed by atoms with Gasteiger partial charge in [-0.2, -0.15) is 0 Å². The van der Waals surface area contributed by atoms with E-state index in [1.54, 1.807) is 18.2 Å². The average Bonchev–Trinajstić information content (AvgIpc) is 2.55. The minimum absolute atomic E-state index is 0.125. The number of nitrogens with one attached hydrogen (secondary N) is 1. The number of nitrogens with two attached hydrogens (primary N) is 1. The van der Waals surface area contributed by atoms with Crippen LogP contribution in [0.1, 0.15) is 36.5 Å². The first kappa shape index (κ1) is 19.0. The highest BCUT2D eigenvalue weighted by Gasteiger charge is 2.17. The van der Waals surface area contributed by atoms with E-state index in [2.05, 4.69) is 17.1 Å². The first-order valence-corrected chi connectivity index (χ1v) is 9.11. The molecule has 3 N–H and O–H groups in total. The molecule has 0 radical (unpaired) electrons. The van der Waals surface area contributed by atoms with Gasteiger partial charge in [0.15, 0.2) is 0 Å². The van der Waals surface area contributed by atoms with Crippen LogP contribution < -0.4 is 15.8 Å². The second-order valence-electron chi connectivity index (χ2n) is 6.44. The van der Waals surface area contributed by atoms with E-state index in [0.29, 0.717) is 36.0 Å². The van der Waals surface area contributed by atoms with E-state index in [1.807, 2.05) is 0 Å². The van der Waals surface area contributed by atoms with Gasteiger partial charge in [-0.1, -0.05) is 18.5 Å². The summed E-state index contributed by atoms with van der Waals surface area (Å²) in [6.45, 7) is 7.06. The van der Waals surface area contributed by atoms with E-state index in [4.69, 9.17) is 22.1 Å². The molecule has 1 heterocycles. The highest BCUT2D eigenvalue weighted by molar-refractivity contribution is 6.30. The summed E-state index contributed by atoms with van der Waals surface area (Å²) in [4.78, 5) is 14.8. The van der Waals surface area contributed by atoms with Crippen molar-refractivity contribution in [2.24, 2.45) is 11.7 Å². The Bertz CT molecular complexity index is 539. The summed E-state index contributed by atoms with van der Waals surface area (Å²) < 4.78 is 5.65. The van der Waals surface area contributed by atoms with Crippen molar-refractivity contribution in [3.63, 3.8) is 0 Å². The molecule has 0 aliphatic carbocycles. The van der Waals surface area contributed by atoms with E-state index >= 15 is 0 Å². The monoisotopic (exact) mass is 353 g/mol. The number of amides is 1. The van der Waals surface area contributed by atoms with Crippen LogP contribution in [0, 0.1) is 5.92 Å². The van der Waals surface area contributed by atoms with Gasteiger partial charge in [0.05, 0.1) is 12.2 Å². The average molecular weight is 354 g/mol. The zero-order chi connectivity index (χ0) is 17.4. The van der Waals surface area contributed by atoms with E-state index < -0.39 is 0 Å². The summed E-state index contributed by atoms with van der Waals surface area (Å²) in [6, 6.07) is 5.09. The van der Waals surface area contributed by atoms with Gasteiger partial charge in [-0.25, -0.2) is 0 Å². The number of ether oxygens (including phenoxy) is 1. The fraction of sp³-hybridized carbons (Fsp3) is 0.611. The maximum Gasteiger partial charge on any atom is 0.255 e. The number of carbonyl (C=O) groups excluding carboxylic acids is 1. The van der Waals surface area contributed by atoms with E-state index in [1.165, 1.54) is 12.8 Å². The number of nitrogens with zero attached hydrogens (tertiary/aromatic N) is 1. The number of benzene rings is 1. The SMILES string of the molecule is C[C@H]1CCCN(CCNC(=O)c2ccc(Cl)cc2OCCCN)C1. The number of carbonyl (C=O) groups is 1. The van der Waals surface area contributed by atoms with E-state index in [9.17, 15) is 4.79 Å². The van der Waals surface area contributed by atoms with Crippen LogP contribution in [-0.2, 0) is 0 Å². The minimum atomic E-state index is -0.125. The van der Waals surface area contributed by atoms with E-state index in [-0.39, 0.29) is 5.91 Å². The van der Waals surface area contributed by atoms with Gasteiger partial charge in [-0.3, -0.25) is 4.79 Å². The predicted molar refractivity (Wildman–Crippen MR) is 97.8 cm³/mol. The molecule has 1 aromatic rings. The quantitative estimate of drug-likeness (QED) is 0.705. The van der Waals surface area contributed by atoms with Gasteiger partial charge < -0.3 is 20.7 Å². The summed E-state index contributed by atoms with van der Waals surface area (Å²) in [6.07, 6.45) is 3.28. The molecule has 134 valence electrons. The van der Waals surface area contributed by atoms with Crippen LogP contribution in [-0.4, -0.2) is 50.1 Å². The van der Waals surface area contributed by atoms with E-state index in [0.717, 1.165) is 32.0 Å². The van der Waals surface area contributed by atoms with Gasteiger partial charge in [0.25, 0.3) is 5.91 Å². The zero-order valence-corrected chi connectivity index (χ0v) is 15.1. The van der Waals surface area contributed by atoms with Gasteiger partial charge in [0.1, 0.15) is 5.75 Å². The minimum Gasteiger partial charge on any atom is -0.493 e.